The molecular weight excluding hydrogens is 222 g/mol. The first-order valence-corrected chi connectivity index (χ1v) is 8.31. The van der Waals surface area contributed by atoms with E-state index in [-0.39, 0.29) is 0 Å². The number of hydrogen-bond acceptors (Lipinski definition) is 3. The fourth-order valence-corrected chi connectivity index (χ4v) is 4.21. The van der Waals surface area contributed by atoms with Gasteiger partial charge in [-0.15, -0.1) is 0 Å². The van der Waals surface area contributed by atoms with E-state index in [2.05, 4.69) is 0 Å². The van der Waals surface area contributed by atoms with Crippen molar-refractivity contribution in [3.8, 4) is 0 Å². The summed E-state index contributed by atoms with van der Waals surface area (Å²) in [5, 5.41) is 0. The van der Waals surface area contributed by atoms with Crippen molar-refractivity contribution >= 4 is 9.84 Å². The van der Waals surface area contributed by atoms with Crippen LogP contribution < -0.4 is 5.73 Å². The molecule has 96 valence electrons. The summed E-state index contributed by atoms with van der Waals surface area (Å²) < 4.78 is 23.2. The zero-order valence-electron chi connectivity index (χ0n) is 10.3. The Morgan fingerprint density at radius 1 is 1.25 bits per heavy atom. The molecule has 2 N–H and O–H groups in total. The lowest BCUT2D eigenvalue weighted by molar-refractivity contribution is 0.337. The van der Waals surface area contributed by atoms with E-state index in [0.29, 0.717) is 29.9 Å². The third-order valence-corrected chi connectivity index (χ3v) is 5.57. The van der Waals surface area contributed by atoms with Gasteiger partial charge in [0.2, 0.25) is 0 Å². The minimum atomic E-state index is -2.82. The van der Waals surface area contributed by atoms with Gasteiger partial charge in [0, 0.05) is 5.75 Å². The summed E-state index contributed by atoms with van der Waals surface area (Å²) in [5.74, 6) is 1.77. The molecule has 0 aromatic rings. The molecular formula is C12H25NO2S. The molecule has 1 atom stereocenters. The van der Waals surface area contributed by atoms with Gasteiger partial charge in [-0.25, -0.2) is 8.42 Å². The van der Waals surface area contributed by atoms with Crippen LogP contribution in [-0.2, 0) is 9.84 Å². The smallest absolute Gasteiger partial charge is 0.150 e. The first-order chi connectivity index (χ1) is 7.59. The molecule has 0 aromatic heterocycles. The summed E-state index contributed by atoms with van der Waals surface area (Å²) in [6.45, 7) is 2.56. The third kappa shape index (κ3) is 4.42. The van der Waals surface area contributed by atoms with Crippen LogP contribution >= 0.6 is 0 Å². The number of sulfone groups is 1. The molecule has 1 unspecified atom stereocenters. The molecule has 1 saturated carbocycles. The standard InChI is InChI=1S/C12H25NO2S/c1-2-8-16(14,15)9-7-12(10-13)11-5-3-4-6-11/h11-12H,2-10,13H2,1H3. The van der Waals surface area contributed by atoms with Crippen molar-refractivity contribution in [1.82, 2.24) is 0 Å². The fourth-order valence-electron chi connectivity index (χ4n) is 2.72. The molecule has 3 nitrogen and oxygen atoms in total. The lowest BCUT2D eigenvalue weighted by Crippen LogP contribution is -2.25. The Morgan fingerprint density at radius 3 is 2.38 bits per heavy atom. The van der Waals surface area contributed by atoms with Crippen LogP contribution in [0.25, 0.3) is 0 Å². The van der Waals surface area contributed by atoms with Crippen LogP contribution in [0.1, 0.15) is 45.4 Å². The van der Waals surface area contributed by atoms with E-state index in [1.54, 1.807) is 0 Å². The highest BCUT2D eigenvalue weighted by Crippen LogP contribution is 2.32. The van der Waals surface area contributed by atoms with Crippen LogP contribution in [0.4, 0.5) is 0 Å². The topological polar surface area (TPSA) is 60.2 Å². The summed E-state index contributed by atoms with van der Waals surface area (Å²) in [6, 6.07) is 0. The van der Waals surface area contributed by atoms with Gasteiger partial charge in [0.25, 0.3) is 0 Å². The van der Waals surface area contributed by atoms with Crippen molar-refractivity contribution in [2.75, 3.05) is 18.1 Å². The normalized spacial score (nSPS) is 20.1. The Morgan fingerprint density at radius 2 is 1.88 bits per heavy atom. The predicted molar refractivity (Wildman–Crippen MR) is 68.1 cm³/mol. The van der Waals surface area contributed by atoms with Gasteiger partial charge in [-0.2, -0.15) is 0 Å². The van der Waals surface area contributed by atoms with E-state index in [9.17, 15) is 8.42 Å². The van der Waals surface area contributed by atoms with Crippen molar-refractivity contribution < 1.29 is 8.42 Å². The monoisotopic (exact) mass is 247 g/mol. The Labute approximate surface area is 99.7 Å². The van der Waals surface area contributed by atoms with Crippen molar-refractivity contribution in [1.29, 1.82) is 0 Å². The van der Waals surface area contributed by atoms with Crippen LogP contribution in [0.5, 0.6) is 0 Å². The number of nitrogens with two attached hydrogens (primary N) is 1. The van der Waals surface area contributed by atoms with Crippen LogP contribution in [0.2, 0.25) is 0 Å². The van der Waals surface area contributed by atoms with Crippen LogP contribution in [0.3, 0.4) is 0 Å². The van der Waals surface area contributed by atoms with Crippen molar-refractivity contribution in [2.45, 2.75) is 45.4 Å². The fraction of sp³-hybridized carbons (Fsp3) is 1.00. The Kier molecular flexibility index (Phi) is 5.76. The van der Waals surface area contributed by atoms with Gasteiger partial charge < -0.3 is 5.73 Å². The largest absolute Gasteiger partial charge is 0.330 e. The average Bonchev–Trinajstić information content (AvgIpc) is 2.72. The molecule has 16 heavy (non-hydrogen) atoms. The molecule has 0 amide bonds. The maximum atomic E-state index is 11.6. The summed E-state index contributed by atoms with van der Waals surface area (Å²) >= 11 is 0. The molecule has 1 aliphatic rings. The second kappa shape index (κ2) is 6.60. The van der Waals surface area contributed by atoms with Crippen molar-refractivity contribution in [2.24, 2.45) is 17.6 Å². The number of rotatable bonds is 7. The number of hydrogen-bond donors (Lipinski definition) is 1. The average molecular weight is 247 g/mol. The quantitative estimate of drug-likeness (QED) is 0.748. The first kappa shape index (κ1) is 14.0. The predicted octanol–water partition coefficient (Wildman–Crippen LogP) is 1.97. The highest BCUT2D eigenvalue weighted by Gasteiger charge is 2.25. The van der Waals surface area contributed by atoms with Gasteiger partial charge in [0.05, 0.1) is 5.75 Å². The molecule has 0 spiro atoms. The molecule has 1 rings (SSSR count). The Balaban J connectivity index is 2.39. The summed E-state index contributed by atoms with van der Waals surface area (Å²) in [4.78, 5) is 0. The second-order valence-electron chi connectivity index (χ2n) is 4.98. The second-order valence-corrected chi connectivity index (χ2v) is 7.28. The SMILES string of the molecule is CCCS(=O)(=O)CCC(CN)C1CCCC1. The minimum absolute atomic E-state index is 0.328. The van der Waals surface area contributed by atoms with Crippen LogP contribution in [-0.4, -0.2) is 26.5 Å². The molecule has 0 radical (unpaired) electrons. The van der Waals surface area contributed by atoms with E-state index < -0.39 is 9.84 Å². The maximum absolute atomic E-state index is 11.6. The van der Waals surface area contributed by atoms with Gasteiger partial charge in [-0.05, 0) is 31.2 Å². The molecule has 0 saturated heterocycles. The Bertz CT molecular complexity index is 281. The van der Waals surface area contributed by atoms with Gasteiger partial charge in [0.1, 0.15) is 9.84 Å². The molecule has 4 heteroatoms. The van der Waals surface area contributed by atoms with E-state index >= 15 is 0 Å². The lowest BCUT2D eigenvalue weighted by atomic mass is 9.89. The molecule has 0 bridgehead atoms. The molecule has 0 aromatic carbocycles. The highest BCUT2D eigenvalue weighted by molar-refractivity contribution is 7.91. The molecule has 0 heterocycles. The van der Waals surface area contributed by atoms with E-state index in [1.165, 1.54) is 25.7 Å². The minimum Gasteiger partial charge on any atom is -0.330 e. The summed E-state index contributed by atoms with van der Waals surface area (Å²) in [5.41, 5.74) is 5.76. The Hall–Kier alpha value is -0.0900. The third-order valence-electron chi connectivity index (χ3n) is 3.68. The first-order valence-electron chi connectivity index (χ1n) is 6.49. The molecule has 1 aliphatic carbocycles. The lowest BCUT2D eigenvalue weighted by Gasteiger charge is -2.21. The van der Waals surface area contributed by atoms with Crippen LogP contribution in [0.15, 0.2) is 0 Å². The molecule has 1 fully saturated rings. The zero-order valence-corrected chi connectivity index (χ0v) is 11.1. The van der Waals surface area contributed by atoms with Crippen LogP contribution in [0, 0.1) is 11.8 Å². The van der Waals surface area contributed by atoms with E-state index in [1.807, 2.05) is 6.92 Å². The van der Waals surface area contributed by atoms with Gasteiger partial charge in [-0.1, -0.05) is 32.6 Å². The van der Waals surface area contributed by atoms with Crippen molar-refractivity contribution in [3.05, 3.63) is 0 Å². The van der Waals surface area contributed by atoms with E-state index in [4.69, 9.17) is 5.73 Å². The highest BCUT2D eigenvalue weighted by atomic mass is 32.2. The maximum Gasteiger partial charge on any atom is 0.150 e. The summed E-state index contributed by atoms with van der Waals surface area (Å²) in [6.07, 6.45) is 6.57. The molecule has 0 aliphatic heterocycles. The van der Waals surface area contributed by atoms with Gasteiger partial charge >= 0.3 is 0 Å². The van der Waals surface area contributed by atoms with Gasteiger partial charge in [-0.3, -0.25) is 0 Å². The van der Waals surface area contributed by atoms with E-state index in [0.717, 1.165) is 12.8 Å². The van der Waals surface area contributed by atoms with Crippen molar-refractivity contribution in [3.63, 3.8) is 0 Å². The summed E-state index contributed by atoms with van der Waals surface area (Å²) in [7, 11) is -2.82. The zero-order chi connectivity index (χ0) is 12.0. The van der Waals surface area contributed by atoms with Gasteiger partial charge in [0.15, 0.2) is 0 Å².